The van der Waals surface area contributed by atoms with Gasteiger partial charge >= 0.3 is 0 Å². The van der Waals surface area contributed by atoms with Crippen molar-refractivity contribution in [1.29, 1.82) is 0 Å². The smallest absolute Gasteiger partial charge is 0.163 e. The fourth-order valence-electron chi connectivity index (χ4n) is 3.10. The average molecular weight is 456 g/mol. The normalized spacial score (nSPS) is 13.0. The zero-order valence-electron chi connectivity index (χ0n) is 18.6. The fourth-order valence-corrected chi connectivity index (χ4v) is 3.26. The number of hydrogen-bond acceptors (Lipinski definition) is 5. The van der Waals surface area contributed by atoms with Crippen molar-refractivity contribution in [2.45, 2.75) is 33.1 Å². The molecule has 3 aromatic heterocycles. The molecular formula is C24H27ClFN5O. The lowest BCUT2D eigenvalue weighted by atomic mass is 10.1. The molecule has 0 atom stereocenters. The van der Waals surface area contributed by atoms with E-state index in [4.69, 9.17) is 16.3 Å². The molecule has 0 unspecified atom stereocenters. The van der Waals surface area contributed by atoms with Crippen LogP contribution in [0.4, 0.5) is 4.39 Å². The lowest BCUT2D eigenvalue weighted by molar-refractivity contribution is 0.0968. The second-order valence-electron chi connectivity index (χ2n) is 7.46. The first-order valence-corrected chi connectivity index (χ1v) is 10.9. The summed E-state index contributed by atoms with van der Waals surface area (Å²) in [4.78, 5) is 12.8. The van der Waals surface area contributed by atoms with E-state index in [-0.39, 0.29) is 0 Å². The molecule has 0 radical (unpaired) electrons. The van der Waals surface area contributed by atoms with Crippen molar-refractivity contribution in [3.05, 3.63) is 71.2 Å². The molecule has 32 heavy (non-hydrogen) atoms. The highest BCUT2D eigenvalue weighted by Gasteiger charge is 2.13. The second-order valence-corrected chi connectivity index (χ2v) is 7.90. The van der Waals surface area contributed by atoms with Gasteiger partial charge < -0.3 is 4.74 Å². The van der Waals surface area contributed by atoms with Crippen molar-refractivity contribution in [1.82, 2.24) is 24.7 Å². The maximum Gasteiger partial charge on any atom is 0.163 e. The maximum absolute atomic E-state index is 14.1. The number of hydrogen-bond donors (Lipinski definition) is 0. The topological polar surface area (TPSA) is 65.7 Å². The second kappa shape index (κ2) is 11.6. The number of halogens is 2. The van der Waals surface area contributed by atoms with E-state index in [1.165, 1.54) is 31.7 Å². The number of aryl methyl sites for hydroxylation is 3. The first-order valence-electron chi connectivity index (χ1n) is 10.5. The molecule has 4 aromatic rings. The van der Waals surface area contributed by atoms with Gasteiger partial charge in [-0.15, -0.1) is 0 Å². The van der Waals surface area contributed by atoms with Gasteiger partial charge in [0, 0.05) is 54.3 Å². The molecule has 1 aliphatic heterocycles. The van der Waals surface area contributed by atoms with Gasteiger partial charge in [0.25, 0.3) is 0 Å². The Labute approximate surface area is 192 Å². The molecule has 6 nitrogen and oxygen atoms in total. The number of benzene rings is 1. The molecule has 8 heteroatoms. The molecule has 1 saturated heterocycles. The van der Waals surface area contributed by atoms with E-state index < -0.39 is 5.82 Å². The van der Waals surface area contributed by atoms with Crippen LogP contribution in [0.5, 0.6) is 0 Å². The Morgan fingerprint density at radius 1 is 1.06 bits per heavy atom. The zero-order chi connectivity index (χ0) is 22.9. The summed E-state index contributed by atoms with van der Waals surface area (Å²) in [6.45, 7) is 5.87. The summed E-state index contributed by atoms with van der Waals surface area (Å²) in [5.74, 6) is -0.407. The van der Waals surface area contributed by atoms with Crippen LogP contribution in [0, 0.1) is 19.7 Å². The van der Waals surface area contributed by atoms with Crippen LogP contribution in [0.15, 0.2) is 49.1 Å². The van der Waals surface area contributed by atoms with Gasteiger partial charge in [0.2, 0.25) is 0 Å². The third-order valence-electron chi connectivity index (χ3n) is 4.97. The van der Waals surface area contributed by atoms with Crippen molar-refractivity contribution >= 4 is 22.6 Å². The van der Waals surface area contributed by atoms with Gasteiger partial charge in [-0.25, -0.2) is 19.3 Å². The Hall–Kier alpha value is -2.90. The summed E-state index contributed by atoms with van der Waals surface area (Å²) in [5, 5.41) is 4.92. The zero-order valence-corrected chi connectivity index (χ0v) is 19.3. The van der Waals surface area contributed by atoms with Gasteiger partial charge in [-0.2, -0.15) is 5.10 Å². The SMILES string of the molecule is C1CCOCC1.Cc1cc2c(-c3ccc(Cl)cc3F)ncnc2nc1C.Cn1cccn1. The summed E-state index contributed by atoms with van der Waals surface area (Å²) >= 11 is 5.78. The molecule has 1 fully saturated rings. The quantitative estimate of drug-likeness (QED) is 0.368. The van der Waals surface area contributed by atoms with Crippen LogP contribution in [-0.4, -0.2) is 37.9 Å². The Morgan fingerprint density at radius 2 is 1.84 bits per heavy atom. The Bertz CT molecular complexity index is 1140. The van der Waals surface area contributed by atoms with E-state index in [0.29, 0.717) is 21.9 Å². The summed E-state index contributed by atoms with van der Waals surface area (Å²) in [7, 11) is 1.89. The minimum atomic E-state index is -0.407. The van der Waals surface area contributed by atoms with Crippen LogP contribution >= 0.6 is 11.6 Å². The number of rotatable bonds is 1. The third kappa shape index (κ3) is 6.55. The minimum Gasteiger partial charge on any atom is -0.381 e. The first kappa shape index (κ1) is 23.8. The van der Waals surface area contributed by atoms with E-state index in [2.05, 4.69) is 20.1 Å². The average Bonchev–Trinajstić information content (AvgIpc) is 3.28. The Balaban J connectivity index is 0.000000195. The van der Waals surface area contributed by atoms with Gasteiger partial charge in [-0.1, -0.05) is 11.6 Å². The summed E-state index contributed by atoms with van der Waals surface area (Å²) in [5.41, 5.74) is 3.40. The van der Waals surface area contributed by atoms with Gasteiger partial charge in [-0.05, 0) is 69.0 Å². The number of nitrogens with zero attached hydrogens (tertiary/aromatic N) is 5. The molecular weight excluding hydrogens is 429 g/mol. The number of fused-ring (bicyclic) bond motifs is 1. The molecule has 0 aliphatic carbocycles. The third-order valence-corrected chi connectivity index (χ3v) is 5.20. The number of ether oxygens (including phenoxy) is 1. The Morgan fingerprint density at radius 3 is 2.38 bits per heavy atom. The van der Waals surface area contributed by atoms with Crippen LogP contribution in [0.3, 0.4) is 0 Å². The van der Waals surface area contributed by atoms with E-state index >= 15 is 0 Å². The van der Waals surface area contributed by atoms with Gasteiger partial charge in [0.15, 0.2) is 5.65 Å². The highest BCUT2D eigenvalue weighted by atomic mass is 35.5. The predicted molar refractivity (Wildman–Crippen MR) is 125 cm³/mol. The van der Waals surface area contributed by atoms with Crippen molar-refractivity contribution in [2.24, 2.45) is 7.05 Å². The molecule has 4 heterocycles. The van der Waals surface area contributed by atoms with Gasteiger partial charge in [0.1, 0.15) is 12.1 Å². The Kier molecular flexibility index (Phi) is 8.64. The van der Waals surface area contributed by atoms with Crippen LogP contribution in [0.25, 0.3) is 22.3 Å². The van der Waals surface area contributed by atoms with Crippen LogP contribution in [-0.2, 0) is 11.8 Å². The fraction of sp³-hybridized carbons (Fsp3) is 0.333. The highest BCUT2D eigenvalue weighted by molar-refractivity contribution is 6.30. The number of pyridine rings is 1. The summed E-state index contributed by atoms with van der Waals surface area (Å²) < 4.78 is 20.9. The predicted octanol–water partition coefficient (Wildman–Crippen LogP) is 5.71. The molecule has 5 rings (SSSR count). The van der Waals surface area contributed by atoms with Crippen LogP contribution < -0.4 is 0 Å². The van der Waals surface area contributed by atoms with Crippen LogP contribution in [0.1, 0.15) is 30.5 Å². The van der Waals surface area contributed by atoms with Crippen molar-refractivity contribution in [3.8, 4) is 11.3 Å². The largest absolute Gasteiger partial charge is 0.381 e. The molecule has 1 aliphatic rings. The molecule has 0 spiro atoms. The standard InChI is InChI=1S/C15H11ClFN3.C5H10O.C4H6N2/c1-8-5-12-14(11-4-3-10(16)6-13(11)17)18-7-19-15(12)20-9(8)2;1-2-4-6-5-3-1;1-6-4-2-3-5-6/h3-7H,1-2H3;1-5H2;2-4H,1H3. The van der Waals surface area contributed by atoms with Crippen molar-refractivity contribution in [2.75, 3.05) is 13.2 Å². The molecule has 0 amide bonds. The van der Waals surface area contributed by atoms with Crippen molar-refractivity contribution < 1.29 is 9.13 Å². The lowest BCUT2D eigenvalue weighted by Gasteiger charge is -2.08. The summed E-state index contributed by atoms with van der Waals surface area (Å²) in [6, 6.07) is 8.36. The molecule has 0 bridgehead atoms. The lowest BCUT2D eigenvalue weighted by Crippen LogP contribution is -2.03. The first-order chi connectivity index (χ1) is 15.5. The summed E-state index contributed by atoms with van der Waals surface area (Å²) in [6.07, 6.45) is 8.97. The highest BCUT2D eigenvalue weighted by Crippen LogP contribution is 2.29. The molecule has 168 valence electrons. The molecule has 0 N–H and O–H groups in total. The van der Waals surface area contributed by atoms with E-state index in [1.54, 1.807) is 23.0 Å². The van der Waals surface area contributed by atoms with E-state index in [0.717, 1.165) is 29.9 Å². The van der Waals surface area contributed by atoms with E-state index in [1.807, 2.05) is 39.2 Å². The van der Waals surface area contributed by atoms with E-state index in [9.17, 15) is 4.39 Å². The molecule has 0 saturated carbocycles. The number of aromatic nitrogens is 5. The van der Waals surface area contributed by atoms with Gasteiger partial charge in [0.05, 0.1) is 5.69 Å². The van der Waals surface area contributed by atoms with Gasteiger partial charge in [-0.3, -0.25) is 4.68 Å². The van der Waals surface area contributed by atoms with Crippen LogP contribution in [0.2, 0.25) is 5.02 Å². The minimum absolute atomic E-state index is 0.356. The molecule has 1 aromatic carbocycles. The monoisotopic (exact) mass is 455 g/mol. The van der Waals surface area contributed by atoms with Crippen molar-refractivity contribution in [3.63, 3.8) is 0 Å². The maximum atomic E-state index is 14.1.